The molecule has 0 spiro atoms. The highest BCUT2D eigenvalue weighted by Crippen LogP contribution is 2.36. The Hall–Kier alpha value is -6.29. The second kappa shape index (κ2) is 27.7. The zero-order valence-electron chi connectivity index (χ0n) is 35.9. The summed E-state index contributed by atoms with van der Waals surface area (Å²) in [5, 5.41) is 11.3. The number of amides is 1. The SMILES string of the molecule is C[NH+]=C(N)SC(c1ccccc1)c1ccccc1.NC(=O)CSC(c1ccccc1)c1ccccc1.OC(c1ccccc1)c1ccccc1.SC(c1ccccc1)c1ccccc1. The zero-order chi connectivity index (χ0) is 45.2. The molecular weight excluding hydrogens is 843 g/mol. The Kier molecular flexibility index (Phi) is 21.1. The third-order valence-corrected chi connectivity index (χ3v) is 12.9. The molecule has 0 radical (unpaired) electrons. The number of nitrogens with two attached hydrogens (primary N) is 2. The van der Waals surface area contributed by atoms with Crippen molar-refractivity contribution in [2.45, 2.75) is 21.9 Å². The Morgan fingerprint density at radius 3 is 0.969 bits per heavy atom. The maximum atomic E-state index is 11.0. The minimum atomic E-state index is -0.516. The summed E-state index contributed by atoms with van der Waals surface area (Å²) in [5.74, 6) is 0.0471. The van der Waals surface area contributed by atoms with Gasteiger partial charge < -0.3 is 10.8 Å². The minimum absolute atomic E-state index is 0.153. The van der Waals surface area contributed by atoms with E-state index in [2.05, 4.69) is 115 Å². The lowest BCUT2D eigenvalue weighted by molar-refractivity contribution is -0.417. The molecule has 1 amide bonds. The van der Waals surface area contributed by atoms with Crippen molar-refractivity contribution in [3.63, 3.8) is 0 Å². The predicted molar refractivity (Wildman–Crippen MR) is 275 cm³/mol. The number of thiol groups is 1. The number of carbonyl (C=O) groups excluding carboxylic acids is 1. The lowest BCUT2D eigenvalue weighted by Gasteiger charge is -2.16. The van der Waals surface area contributed by atoms with Gasteiger partial charge in [0.25, 0.3) is 0 Å². The zero-order valence-corrected chi connectivity index (χ0v) is 38.4. The van der Waals surface area contributed by atoms with Crippen LogP contribution in [0.25, 0.3) is 0 Å². The highest BCUT2D eigenvalue weighted by molar-refractivity contribution is 8.13. The van der Waals surface area contributed by atoms with Crippen molar-refractivity contribution in [1.29, 1.82) is 0 Å². The molecule has 8 heteroatoms. The molecule has 0 heterocycles. The van der Waals surface area contributed by atoms with Crippen molar-refractivity contribution in [1.82, 2.24) is 0 Å². The maximum absolute atomic E-state index is 11.0. The highest BCUT2D eigenvalue weighted by atomic mass is 32.2. The molecule has 0 atom stereocenters. The summed E-state index contributed by atoms with van der Waals surface area (Å²) >= 11 is 7.80. The second-order valence-corrected chi connectivity index (χ2v) is 17.1. The number of thioether (sulfide) groups is 2. The van der Waals surface area contributed by atoms with Crippen LogP contribution >= 0.6 is 36.2 Å². The van der Waals surface area contributed by atoms with Crippen molar-refractivity contribution >= 4 is 47.2 Å². The van der Waals surface area contributed by atoms with Crippen LogP contribution in [-0.4, -0.2) is 29.0 Å². The van der Waals surface area contributed by atoms with Crippen molar-refractivity contribution in [3.8, 4) is 0 Å². The Labute approximate surface area is 393 Å². The van der Waals surface area contributed by atoms with E-state index in [0.29, 0.717) is 5.75 Å². The van der Waals surface area contributed by atoms with Crippen LogP contribution in [0.4, 0.5) is 0 Å². The normalized spacial score (nSPS) is 10.8. The van der Waals surface area contributed by atoms with E-state index in [0.717, 1.165) is 16.3 Å². The lowest BCUT2D eigenvalue weighted by atomic mass is 10.0. The first-order valence-electron chi connectivity index (χ1n) is 21.0. The molecule has 0 unspecified atom stereocenters. The van der Waals surface area contributed by atoms with E-state index in [1.165, 1.54) is 33.4 Å². The number of hydrogen-bond acceptors (Lipinski definition) is 5. The van der Waals surface area contributed by atoms with Gasteiger partial charge in [0.05, 0.1) is 28.6 Å². The van der Waals surface area contributed by atoms with Crippen LogP contribution in [0.2, 0.25) is 0 Å². The molecule has 0 aliphatic carbocycles. The van der Waals surface area contributed by atoms with E-state index in [-0.39, 0.29) is 21.7 Å². The molecule has 0 saturated heterocycles. The Bertz CT molecular complexity index is 2250. The van der Waals surface area contributed by atoms with Gasteiger partial charge in [-0.15, -0.1) is 11.8 Å². The van der Waals surface area contributed by atoms with Crippen molar-refractivity contribution in [2.75, 3.05) is 12.8 Å². The second-order valence-electron chi connectivity index (χ2n) is 14.4. The molecule has 8 rings (SSSR count). The van der Waals surface area contributed by atoms with Crippen LogP contribution in [-0.2, 0) is 4.79 Å². The summed E-state index contributed by atoms with van der Waals surface area (Å²) in [6.45, 7) is 0. The van der Waals surface area contributed by atoms with Crippen LogP contribution in [0.1, 0.15) is 66.4 Å². The van der Waals surface area contributed by atoms with Crippen molar-refractivity contribution in [2.24, 2.45) is 11.5 Å². The number of benzene rings is 8. The van der Waals surface area contributed by atoms with Crippen molar-refractivity contribution < 1.29 is 14.9 Å². The van der Waals surface area contributed by atoms with E-state index < -0.39 is 6.10 Å². The quantitative estimate of drug-likeness (QED) is 0.0477. The fourth-order valence-electron chi connectivity index (χ4n) is 6.50. The largest absolute Gasteiger partial charge is 0.384 e. The Balaban J connectivity index is 0.000000162. The number of rotatable bonds is 12. The monoisotopic (exact) mass is 898 g/mol. The van der Waals surface area contributed by atoms with Gasteiger partial charge in [0.2, 0.25) is 5.91 Å². The lowest BCUT2D eigenvalue weighted by Crippen LogP contribution is -2.69. The van der Waals surface area contributed by atoms with Gasteiger partial charge in [0.1, 0.15) is 6.10 Å². The molecule has 0 aliphatic rings. The summed E-state index contributed by atoms with van der Waals surface area (Å²) in [5.41, 5.74) is 20.4. The first-order valence-corrected chi connectivity index (χ1v) is 23.4. The molecule has 324 valence electrons. The number of hydrogen-bond donors (Lipinski definition) is 5. The molecule has 0 aromatic heterocycles. The maximum Gasteiger partial charge on any atom is 0.302 e. The van der Waals surface area contributed by atoms with Crippen LogP contribution in [0.5, 0.6) is 0 Å². The molecule has 8 aromatic carbocycles. The number of aliphatic hydroxyl groups excluding tert-OH is 1. The summed E-state index contributed by atoms with van der Waals surface area (Å²) in [6, 6.07) is 81.1. The fourth-order valence-corrected chi connectivity index (χ4v) is 8.83. The van der Waals surface area contributed by atoms with Gasteiger partial charge in [-0.25, -0.2) is 0 Å². The van der Waals surface area contributed by atoms with E-state index in [1.807, 2.05) is 153 Å². The molecule has 64 heavy (non-hydrogen) atoms. The summed E-state index contributed by atoms with van der Waals surface area (Å²) in [6.07, 6.45) is -0.516. The number of aliphatic hydroxyl groups is 1. The molecule has 0 fully saturated rings. The first-order chi connectivity index (χ1) is 31.3. The Morgan fingerprint density at radius 2 is 0.703 bits per heavy atom. The summed E-state index contributed by atoms with van der Waals surface area (Å²) in [7, 11) is 1.84. The first kappa shape index (κ1) is 48.7. The molecule has 0 saturated carbocycles. The number of carbonyl (C=O) groups is 1. The smallest absolute Gasteiger partial charge is 0.302 e. The topological polar surface area (TPSA) is 103 Å². The molecule has 0 aliphatic heterocycles. The van der Waals surface area contributed by atoms with Gasteiger partial charge >= 0.3 is 5.17 Å². The third-order valence-electron chi connectivity index (χ3n) is 9.75. The van der Waals surface area contributed by atoms with Crippen LogP contribution in [0.15, 0.2) is 243 Å². The van der Waals surface area contributed by atoms with Crippen LogP contribution in [0, 0.1) is 0 Å². The minimum Gasteiger partial charge on any atom is -0.384 e. The van der Waals surface area contributed by atoms with Gasteiger partial charge in [-0.05, 0) is 56.3 Å². The number of amidine groups is 1. The molecule has 0 bridgehead atoms. The number of primary amides is 1. The third kappa shape index (κ3) is 16.4. The van der Waals surface area contributed by atoms with Crippen LogP contribution < -0.4 is 16.5 Å². The summed E-state index contributed by atoms with van der Waals surface area (Å²) in [4.78, 5) is 14.0. The van der Waals surface area contributed by atoms with E-state index in [4.69, 9.17) is 11.5 Å². The van der Waals surface area contributed by atoms with Gasteiger partial charge in [0.15, 0.2) is 0 Å². The average Bonchev–Trinajstić information content (AvgIpc) is 3.38. The molecule has 8 aromatic rings. The average molecular weight is 899 g/mol. The predicted octanol–water partition coefficient (Wildman–Crippen LogP) is 11.0. The van der Waals surface area contributed by atoms with E-state index in [1.54, 1.807) is 23.5 Å². The van der Waals surface area contributed by atoms with Crippen molar-refractivity contribution in [3.05, 3.63) is 287 Å². The molecular formula is C56H56N3O2S3+. The van der Waals surface area contributed by atoms with Crippen LogP contribution in [0.3, 0.4) is 0 Å². The fraction of sp³-hybridized carbons (Fsp3) is 0.107. The standard InChI is InChI=1S/C15H16N2S.C15H15NOS.C13H12O.C13H12S/c1-17-15(16)18-14(12-8-4-2-5-9-12)13-10-6-3-7-11-13;16-14(17)11-18-15(12-7-3-1-4-8-12)13-9-5-2-6-10-13;2*14-13(11-7-3-1-4-8-11)12-9-5-2-6-10-12/h2-11,14H,1H3,(H2,16,17);1-10,15H,11H2,(H2,16,17);2*1-10,13-14H/p+1. The molecule has 6 N–H and O–H groups in total. The van der Waals surface area contributed by atoms with E-state index >= 15 is 0 Å². The van der Waals surface area contributed by atoms with Gasteiger partial charge in [-0.2, -0.15) is 12.6 Å². The van der Waals surface area contributed by atoms with Gasteiger partial charge in [-0.3, -0.25) is 15.5 Å². The Morgan fingerprint density at radius 1 is 0.453 bits per heavy atom. The molecule has 5 nitrogen and oxygen atoms in total. The van der Waals surface area contributed by atoms with E-state index in [9.17, 15) is 9.90 Å². The van der Waals surface area contributed by atoms with Gasteiger partial charge in [-0.1, -0.05) is 243 Å². The highest BCUT2D eigenvalue weighted by Gasteiger charge is 2.18. The van der Waals surface area contributed by atoms with Gasteiger partial charge in [0, 0.05) is 0 Å². The number of nitrogens with one attached hydrogen (secondary N) is 1. The summed E-state index contributed by atoms with van der Waals surface area (Å²) < 4.78 is 0.